The Kier molecular flexibility index (Phi) is 6.51. The van der Waals surface area contributed by atoms with Crippen LogP contribution in [0.1, 0.15) is 11.1 Å². The van der Waals surface area contributed by atoms with Crippen LogP contribution >= 0.6 is 0 Å². The first kappa shape index (κ1) is 29.8. The van der Waals surface area contributed by atoms with Crippen LogP contribution in [0.5, 0.6) is 40.2 Å². The maximum absolute atomic E-state index is 12.0. The molecule has 0 radical (unpaired) electrons. The number of phenolic OH excluding ortho intramolecular Hbond substituents is 7. The maximum atomic E-state index is 12.0. The number of phenols is 7. The van der Waals surface area contributed by atoms with E-state index in [1.54, 1.807) is 26.0 Å². The van der Waals surface area contributed by atoms with Gasteiger partial charge in [-0.25, -0.2) is 0 Å². The summed E-state index contributed by atoms with van der Waals surface area (Å²) in [5, 5.41) is 82.9. The first-order valence-electron chi connectivity index (χ1n) is 15.7. The molecule has 0 aliphatic carbocycles. The second kappa shape index (κ2) is 10.7. The van der Waals surface area contributed by atoms with Crippen LogP contribution in [-0.2, 0) is 0 Å². The summed E-state index contributed by atoms with van der Waals surface area (Å²) in [6.07, 6.45) is 0. The Morgan fingerprint density at radius 3 is 1.45 bits per heavy atom. The van der Waals surface area contributed by atoms with Crippen molar-refractivity contribution in [2.24, 2.45) is 0 Å². The van der Waals surface area contributed by atoms with Crippen LogP contribution in [0.3, 0.4) is 0 Å². The topological polar surface area (TPSA) is 142 Å². The highest BCUT2D eigenvalue weighted by molar-refractivity contribution is 6.28. The molecule has 0 aliphatic rings. The third kappa shape index (κ3) is 4.15. The molecule has 0 unspecified atom stereocenters. The van der Waals surface area contributed by atoms with E-state index >= 15 is 0 Å². The summed E-state index contributed by atoms with van der Waals surface area (Å²) in [5.74, 6) is -5.36. The summed E-state index contributed by atoms with van der Waals surface area (Å²) in [7, 11) is 0. The second-order valence-corrected chi connectivity index (χ2v) is 12.4. The molecular weight excluding hydrogens is 616 g/mol. The zero-order chi connectivity index (χ0) is 34.3. The first-order chi connectivity index (χ1) is 23.6. The Morgan fingerprint density at radius 2 is 0.816 bits per heavy atom. The van der Waals surface area contributed by atoms with Crippen LogP contribution in [0.25, 0.3) is 76.5 Å². The fourth-order valence-corrected chi connectivity index (χ4v) is 7.24. The molecule has 8 rings (SSSR count). The van der Waals surface area contributed by atoms with Crippen molar-refractivity contribution in [2.45, 2.75) is 13.8 Å². The highest BCUT2D eigenvalue weighted by Gasteiger charge is 2.31. The van der Waals surface area contributed by atoms with Gasteiger partial charge in [0.2, 0.25) is 17.2 Å². The van der Waals surface area contributed by atoms with Gasteiger partial charge in [0.25, 0.3) is 0 Å². The van der Waals surface area contributed by atoms with E-state index in [-0.39, 0.29) is 27.8 Å². The quantitative estimate of drug-likeness (QED) is 0.0575. The lowest BCUT2D eigenvalue weighted by molar-refractivity contribution is 0.330. The molecule has 7 heteroatoms. The molecule has 0 aromatic heterocycles. The smallest absolute Gasteiger partial charge is 0.208 e. The van der Waals surface area contributed by atoms with Crippen LogP contribution in [0.4, 0.5) is 0 Å². The number of aromatic hydroxyl groups is 7. The molecule has 7 N–H and O–H groups in total. The van der Waals surface area contributed by atoms with E-state index < -0.39 is 34.3 Å². The Labute approximate surface area is 280 Å². The molecule has 0 fully saturated rings. The van der Waals surface area contributed by atoms with Crippen LogP contribution in [0.2, 0.25) is 0 Å². The fourth-order valence-electron chi connectivity index (χ4n) is 7.24. The van der Waals surface area contributed by atoms with E-state index in [9.17, 15) is 35.7 Å². The summed E-state index contributed by atoms with van der Waals surface area (Å²) >= 11 is 0. The van der Waals surface area contributed by atoms with Crippen molar-refractivity contribution in [1.82, 2.24) is 0 Å². The SMILES string of the molecule is Cc1c(C)c(O)c2c(-c3cccc4c(-c5ccc6ccccc6c5)cccc34)c3ccccc3c(-c3c(O)c(O)c(O)c(O)c3O)c2c1O. The lowest BCUT2D eigenvalue weighted by Crippen LogP contribution is -1.96. The standard InChI is InChI=1S/C42H30O7/c1-20-21(2)37(44)34-32(35-38(45)40(47)42(49)41(48)39(35)46)30-12-6-5-11-29(30)31(33(34)36(20)43)28-16-8-14-26-25(13-7-15-27(26)28)24-18-17-22-9-3-4-10-23(22)19-24/h3-19,43-49H,1-2H3. The van der Waals surface area contributed by atoms with E-state index in [4.69, 9.17) is 0 Å². The van der Waals surface area contributed by atoms with Crippen LogP contribution in [0.15, 0.2) is 103 Å². The van der Waals surface area contributed by atoms with E-state index in [0.29, 0.717) is 27.5 Å². The first-order valence-corrected chi connectivity index (χ1v) is 15.7. The number of benzene rings is 8. The summed E-state index contributed by atoms with van der Waals surface area (Å²) in [5.41, 5.74) is 3.81. The summed E-state index contributed by atoms with van der Waals surface area (Å²) < 4.78 is 0. The van der Waals surface area contributed by atoms with Crippen molar-refractivity contribution in [3.8, 4) is 73.6 Å². The van der Waals surface area contributed by atoms with Gasteiger partial charge < -0.3 is 35.7 Å². The average Bonchev–Trinajstić information content (AvgIpc) is 3.13. The van der Waals surface area contributed by atoms with Crippen LogP contribution in [0, 0.1) is 13.8 Å². The van der Waals surface area contributed by atoms with Crippen LogP contribution < -0.4 is 0 Å². The van der Waals surface area contributed by atoms with Crippen molar-refractivity contribution in [2.75, 3.05) is 0 Å². The fraction of sp³-hybridized carbons (Fsp3) is 0.0476. The summed E-state index contributed by atoms with van der Waals surface area (Å²) in [6, 6.07) is 33.7. The number of rotatable bonds is 3. The zero-order valence-electron chi connectivity index (χ0n) is 26.4. The van der Waals surface area contributed by atoms with Crippen LogP contribution in [-0.4, -0.2) is 35.7 Å². The molecule has 49 heavy (non-hydrogen) atoms. The highest BCUT2D eigenvalue weighted by atomic mass is 16.4. The van der Waals surface area contributed by atoms with Gasteiger partial charge in [0, 0.05) is 21.9 Å². The molecule has 0 heterocycles. The van der Waals surface area contributed by atoms with Crippen molar-refractivity contribution >= 4 is 43.1 Å². The van der Waals surface area contributed by atoms with Gasteiger partial charge >= 0.3 is 0 Å². The van der Waals surface area contributed by atoms with Gasteiger partial charge in [-0.1, -0.05) is 97.1 Å². The minimum absolute atomic E-state index is 0.0444. The summed E-state index contributed by atoms with van der Waals surface area (Å²) in [6.45, 7) is 3.33. The molecule has 0 atom stereocenters. The van der Waals surface area contributed by atoms with Crippen molar-refractivity contribution in [3.05, 3.63) is 114 Å². The Hall–Kier alpha value is -6.60. The molecule has 0 amide bonds. The average molecular weight is 647 g/mol. The van der Waals surface area contributed by atoms with E-state index in [0.717, 1.165) is 38.2 Å². The lowest BCUT2D eigenvalue weighted by Gasteiger charge is -2.23. The molecule has 240 valence electrons. The molecular formula is C42H30O7. The zero-order valence-corrected chi connectivity index (χ0v) is 26.4. The molecule has 0 saturated carbocycles. The minimum atomic E-state index is -1.10. The second-order valence-electron chi connectivity index (χ2n) is 12.4. The number of hydrogen-bond donors (Lipinski definition) is 7. The molecule has 8 aromatic rings. The van der Waals surface area contributed by atoms with Crippen molar-refractivity contribution in [1.29, 1.82) is 0 Å². The van der Waals surface area contributed by atoms with Gasteiger partial charge in [0.05, 0.1) is 5.56 Å². The molecule has 0 saturated heterocycles. The molecule has 0 spiro atoms. The predicted molar refractivity (Wildman–Crippen MR) is 194 cm³/mol. The van der Waals surface area contributed by atoms with Gasteiger partial charge in [-0.15, -0.1) is 0 Å². The molecule has 7 nitrogen and oxygen atoms in total. The van der Waals surface area contributed by atoms with Crippen molar-refractivity contribution < 1.29 is 35.7 Å². The number of hydrogen-bond acceptors (Lipinski definition) is 7. The predicted octanol–water partition coefficient (Wildman–Crippen LogP) is 9.86. The summed E-state index contributed by atoms with van der Waals surface area (Å²) in [4.78, 5) is 0. The Morgan fingerprint density at radius 1 is 0.347 bits per heavy atom. The van der Waals surface area contributed by atoms with Gasteiger partial charge in [-0.3, -0.25) is 0 Å². The molecule has 0 bridgehead atoms. The number of fused-ring (bicyclic) bond motifs is 4. The Bertz CT molecular complexity index is 2680. The van der Waals surface area contributed by atoms with E-state index in [1.807, 2.05) is 54.6 Å². The van der Waals surface area contributed by atoms with E-state index in [2.05, 4.69) is 36.4 Å². The normalized spacial score (nSPS) is 11.6. The largest absolute Gasteiger partial charge is 0.507 e. The molecule has 0 aliphatic heterocycles. The maximum Gasteiger partial charge on any atom is 0.208 e. The van der Waals surface area contributed by atoms with Gasteiger partial charge in [0.15, 0.2) is 11.5 Å². The Balaban J connectivity index is 1.55. The monoisotopic (exact) mass is 646 g/mol. The van der Waals surface area contributed by atoms with E-state index in [1.165, 1.54) is 0 Å². The van der Waals surface area contributed by atoms with Gasteiger partial charge in [-0.2, -0.15) is 0 Å². The highest BCUT2D eigenvalue weighted by Crippen LogP contribution is 2.60. The van der Waals surface area contributed by atoms with Crippen molar-refractivity contribution in [3.63, 3.8) is 0 Å². The van der Waals surface area contributed by atoms with Gasteiger partial charge in [-0.05, 0) is 80.0 Å². The third-order valence-electron chi connectivity index (χ3n) is 9.83. The minimum Gasteiger partial charge on any atom is -0.507 e. The molecule has 8 aromatic carbocycles. The lowest BCUT2D eigenvalue weighted by atomic mass is 9.81. The third-order valence-corrected chi connectivity index (χ3v) is 9.83. The van der Waals surface area contributed by atoms with Gasteiger partial charge in [0.1, 0.15) is 11.5 Å².